The Kier molecular flexibility index (Phi) is 24.4. The van der Waals surface area contributed by atoms with Crippen LogP contribution in [0.15, 0.2) is 5.18 Å². The van der Waals surface area contributed by atoms with E-state index in [4.69, 9.17) is 4.91 Å². The summed E-state index contributed by atoms with van der Waals surface area (Å²) in [6.07, 6.45) is 0. The van der Waals surface area contributed by atoms with E-state index >= 15 is 0 Å². The van der Waals surface area contributed by atoms with Crippen molar-refractivity contribution in [2.75, 3.05) is 0 Å². The molecule has 0 N–H and O–H groups in total. The molecule has 0 radical (unpaired) electrons. The predicted molar refractivity (Wildman–Crippen MR) is 11.2 cm³/mol. The Bertz CT molecular complexity index is 15.5. The first-order chi connectivity index (χ1) is 1.41. The van der Waals surface area contributed by atoms with E-state index in [1.807, 2.05) is 5.18 Å². The molecule has 0 fully saturated rings. The van der Waals surface area contributed by atoms with Crippen LogP contribution in [0.25, 0.3) is 0 Å². The van der Waals surface area contributed by atoms with Gasteiger partial charge in [0.15, 0.2) is 0 Å². The molecule has 0 atom stereocenters. The molecule has 0 spiro atoms. The molecule has 0 aliphatic heterocycles. The molecule has 0 aromatic carbocycles. The zero-order chi connectivity index (χ0) is 2.71. The third kappa shape index (κ3) is 116. The summed E-state index contributed by atoms with van der Waals surface area (Å²) in [5.41, 5.74) is 0. The van der Waals surface area contributed by atoms with E-state index in [-0.39, 0.29) is 21.1 Å². The van der Waals surface area contributed by atoms with Crippen molar-refractivity contribution in [1.29, 1.82) is 0 Å². The number of nitrogens with zero attached hydrogens (tertiary/aromatic N) is 1. The molecule has 2 nitrogen and oxygen atoms in total. The largest absolute Gasteiger partial charge is 0.252 e. The van der Waals surface area contributed by atoms with Crippen LogP contribution >= 0.6 is 0 Å². The number of hydrogen-bond acceptors (Lipinski definition) is 2. The molecular formula is CH2NOPt-. The van der Waals surface area contributed by atoms with Gasteiger partial charge in [-0.3, -0.25) is 7.05 Å². The molecule has 0 aliphatic carbocycles. The molecular weight excluding hydrogens is 237 g/mol. The van der Waals surface area contributed by atoms with E-state index in [0.717, 1.165) is 0 Å². The Morgan fingerprint density at radius 3 is 1.75 bits per heavy atom. The van der Waals surface area contributed by atoms with Gasteiger partial charge in [0, 0.05) is 21.1 Å². The van der Waals surface area contributed by atoms with Gasteiger partial charge in [0.05, 0.1) is 0 Å². The van der Waals surface area contributed by atoms with Crippen LogP contribution in [0.1, 0.15) is 0 Å². The zero-order valence-corrected chi connectivity index (χ0v) is 4.15. The van der Waals surface area contributed by atoms with E-state index in [1.54, 1.807) is 0 Å². The maximum atomic E-state index is 8.44. The molecule has 0 aliphatic rings. The average molecular weight is 239 g/mol. The van der Waals surface area contributed by atoms with Gasteiger partial charge in [-0.05, 0) is 0 Å². The molecule has 3 heteroatoms. The maximum Gasteiger partial charge on any atom is 0 e. The fraction of sp³-hybridized carbons (Fsp3) is 0. The second kappa shape index (κ2) is 11.0. The van der Waals surface area contributed by atoms with E-state index in [0.29, 0.717) is 0 Å². The second-order valence-corrected chi connectivity index (χ2v) is 0.129. The van der Waals surface area contributed by atoms with Crippen molar-refractivity contribution in [1.82, 2.24) is 0 Å². The van der Waals surface area contributed by atoms with Crippen LogP contribution in [0.2, 0.25) is 0 Å². The van der Waals surface area contributed by atoms with Crippen LogP contribution < -0.4 is 0 Å². The molecule has 0 saturated carbocycles. The Morgan fingerprint density at radius 1 is 1.75 bits per heavy atom. The molecule has 0 saturated heterocycles. The van der Waals surface area contributed by atoms with Gasteiger partial charge >= 0.3 is 0 Å². The molecule has 0 bridgehead atoms. The van der Waals surface area contributed by atoms with E-state index in [9.17, 15) is 0 Å². The van der Waals surface area contributed by atoms with Gasteiger partial charge in [-0.15, -0.1) is 0 Å². The maximum absolute atomic E-state index is 8.44. The minimum Gasteiger partial charge on any atom is -0.252 e. The summed E-state index contributed by atoms with van der Waals surface area (Å²) in [5, 5.41) is 2.00. The minimum atomic E-state index is 0. The van der Waals surface area contributed by atoms with Crippen molar-refractivity contribution in [3.8, 4) is 0 Å². The Labute approximate surface area is 38.8 Å². The predicted octanol–water partition coefficient (Wildman–Crippen LogP) is 0.542. The Hall–Kier alpha value is 0.158. The summed E-state index contributed by atoms with van der Waals surface area (Å²) in [5.74, 6) is 0. The molecule has 0 aromatic rings. The summed E-state index contributed by atoms with van der Waals surface area (Å²) >= 11 is 0. The van der Waals surface area contributed by atoms with Crippen molar-refractivity contribution >= 4 is 0 Å². The van der Waals surface area contributed by atoms with Crippen molar-refractivity contribution < 1.29 is 21.1 Å². The minimum absolute atomic E-state index is 0. The van der Waals surface area contributed by atoms with E-state index in [2.05, 4.69) is 7.05 Å². The van der Waals surface area contributed by atoms with Gasteiger partial charge in [-0.2, -0.15) is 4.91 Å². The summed E-state index contributed by atoms with van der Waals surface area (Å²) in [6, 6.07) is 0. The third-order valence-corrected chi connectivity index (χ3v) is 0. The smallest absolute Gasteiger partial charge is 0 e. The molecule has 0 rings (SSSR count). The third-order valence-electron chi connectivity index (χ3n) is 0. The first kappa shape index (κ1) is 8.90. The number of rotatable bonds is 0. The van der Waals surface area contributed by atoms with Gasteiger partial charge in [0.25, 0.3) is 0 Å². The van der Waals surface area contributed by atoms with Gasteiger partial charge in [-0.25, -0.2) is 5.18 Å². The van der Waals surface area contributed by atoms with Gasteiger partial charge in [-0.1, -0.05) is 0 Å². The van der Waals surface area contributed by atoms with Gasteiger partial charge < -0.3 is 0 Å². The Balaban J connectivity index is 0. The summed E-state index contributed by atoms with van der Waals surface area (Å²) in [7, 11) is 2.56. The normalized spacial score (nSPS) is 3.00. The van der Waals surface area contributed by atoms with Gasteiger partial charge in [0.1, 0.15) is 0 Å². The van der Waals surface area contributed by atoms with Crippen molar-refractivity contribution in [2.24, 2.45) is 5.18 Å². The van der Waals surface area contributed by atoms with Crippen LogP contribution in [0, 0.1) is 12.0 Å². The Morgan fingerprint density at radius 2 is 1.75 bits per heavy atom. The molecule has 28 valence electrons. The van der Waals surface area contributed by atoms with Crippen LogP contribution in [-0.4, -0.2) is 0 Å². The SMILES string of the molecule is [CH2-]N=O.[Pt]. The second-order valence-electron chi connectivity index (χ2n) is 0.129. The topological polar surface area (TPSA) is 29.4 Å². The van der Waals surface area contributed by atoms with Crippen LogP contribution in [0.3, 0.4) is 0 Å². The zero-order valence-electron chi connectivity index (χ0n) is 1.88. The molecule has 0 heterocycles. The quantitative estimate of drug-likeness (QED) is 0.448. The van der Waals surface area contributed by atoms with Crippen LogP contribution in [-0.2, 0) is 21.1 Å². The fourth-order valence-corrected chi connectivity index (χ4v) is 0. The monoisotopic (exact) mass is 239 g/mol. The number of nitroso groups, excluding NO2 is 1. The van der Waals surface area contributed by atoms with Crippen molar-refractivity contribution in [2.45, 2.75) is 0 Å². The summed E-state index contributed by atoms with van der Waals surface area (Å²) < 4.78 is 0. The number of hydrogen-bond donors (Lipinski definition) is 0. The molecule has 0 amide bonds. The standard InChI is InChI=1S/CH2NO.Pt/c1-2-3;/h1H2;/q-1;. The summed E-state index contributed by atoms with van der Waals surface area (Å²) in [4.78, 5) is 8.44. The van der Waals surface area contributed by atoms with E-state index < -0.39 is 0 Å². The van der Waals surface area contributed by atoms with Gasteiger partial charge in [0.2, 0.25) is 0 Å². The fourth-order valence-electron chi connectivity index (χ4n) is 0. The summed E-state index contributed by atoms with van der Waals surface area (Å²) in [6.45, 7) is 0. The first-order valence-electron chi connectivity index (χ1n) is 0.499. The van der Waals surface area contributed by atoms with Crippen molar-refractivity contribution in [3.63, 3.8) is 0 Å². The average Bonchev–Trinajstić information content (AvgIpc) is 0.918. The first-order valence-corrected chi connectivity index (χ1v) is 0.499. The van der Waals surface area contributed by atoms with Crippen LogP contribution in [0.4, 0.5) is 0 Å². The molecule has 4 heavy (non-hydrogen) atoms. The van der Waals surface area contributed by atoms with Crippen molar-refractivity contribution in [3.05, 3.63) is 12.0 Å². The van der Waals surface area contributed by atoms with E-state index in [1.165, 1.54) is 0 Å². The van der Waals surface area contributed by atoms with Crippen LogP contribution in [0.5, 0.6) is 0 Å². The molecule has 0 unspecified atom stereocenters. The molecule has 0 aromatic heterocycles.